The van der Waals surface area contributed by atoms with Gasteiger partial charge < -0.3 is 10.5 Å². The average Bonchev–Trinajstić information content (AvgIpc) is 2.41. The Morgan fingerprint density at radius 1 is 1.12 bits per heavy atom. The maximum absolute atomic E-state index is 6.01. The summed E-state index contributed by atoms with van der Waals surface area (Å²) in [7, 11) is 0. The lowest BCUT2D eigenvalue weighted by Crippen LogP contribution is -2.35. The summed E-state index contributed by atoms with van der Waals surface area (Å²) in [6.07, 6.45) is 3.14. The minimum atomic E-state index is 0.0784. The van der Waals surface area contributed by atoms with Crippen LogP contribution in [0.4, 0.5) is 0 Å². The molecule has 1 atom stereocenters. The van der Waals surface area contributed by atoms with Gasteiger partial charge in [-0.3, -0.25) is 0 Å². The van der Waals surface area contributed by atoms with Crippen LogP contribution in [0.5, 0.6) is 0 Å². The zero-order valence-electron chi connectivity index (χ0n) is 11.1. The van der Waals surface area contributed by atoms with E-state index in [2.05, 4.69) is 38.1 Å². The van der Waals surface area contributed by atoms with Crippen LogP contribution in [0.2, 0.25) is 0 Å². The monoisotopic (exact) mass is 235 g/mol. The third-order valence-corrected chi connectivity index (χ3v) is 3.53. The van der Waals surface area contributed by atoms with E-state index in [1.165, 1.54) is 5.56 Å². The zero-order valence-corrected chi connectivity index (χ0v) is 11.1. The molecule has 1 aromatic rings. The quantitative estimate of drug-likeness (QED) is 0.703. The van der Waals surface area contributed by atoms with Crippen molar-refractivity contribution in [2.45, 2.75) is 38.5 Å². The summed E-state index contributed by atoms with van der Waals surface area (Å²) in [6.45, 7) is 6.67. The van der Waals surface area contributed by atoms with Gasteiger partial charge >= 0.3 is 0 Å². The van der Waals surface area contributed by atoms with Gasteiger partial charge in [-0.05, 0) is 24.8 Å². The van der Waals surface area contributed by atoms with Gasteiger partial charge in [0, 0.05) is 25.2 Å². The van der Waals surface area contributed by atoms with Crippen molar-refractivity contribution >= 4 is 0 Å². The van der Waals surface area contributed by atoms with E-state index in [9.17, 15) is 0 Å². The van der Waals surface area contributed by atoms with Gasteiger partial charge in [0.15, 0.2) is 0 Å². The third kappa shape index (κ3) is 3.83. The molecule has 2 heteroatoms. The fourth-order valence-electron chi connectivity index (χ4n) is 2.20. The number of benzene rings is 1. The van der Waals surface area contributed by atoms with E-state index in [0.717, 1.165) is 32.5 Å². The molecule has 0 radical (unpaired) electrons. The van der Waals surface area contributed by atoms with Gasteiger partial charge in [-0.25, -0.2) is 0 Å². The molecule has 0 aliphatic heterocycles. The fourth-order valence-corrected chi connectivity index (χ4v) is 2.20. The summed E-state index contributed by atoms with van der Waals surface area (Å²) >= 11 is 0. The third-order valence-electron chi connectivity index (χ3n) is 3.53. The van der Waals surface area contributed by atoms with Gasteiger partial charge in [-0.2, -0.15) is 0 Å². The van der Waals surface area contributed by atoms with Gasteiger partial charge in [-0.1, -0.05) is 44.2 Å². The normalized spacial score (nSPS) is 14.5. The molecule has 0 amide bonds. The molecule has 0 spiro atoms. The van der Waals surface area contributed by atoms with E-state index in [-0.39, 0.29) is 5.41 Å². The first-order valence-electron chi connectivity index (χ1n) is 6.62. The zero-order chi connectivity index (χ0) is 12.6. The highest BCUT2D eigenvalue weighted by molar-refractivity contribution is 5.25. The molecule has 2 N–H and O–H groups in total. The number of ether oxygens (including phenoxy) is 1. The Hall–Kier alpha value is -0.860. The number of hydrogen-bond acceptors (Lipinski definition) is 2. The van der Waals surface area contributed by atoms with Crippen LogP contribution in [0, 0.1) is 0 Å². The van der Waals surface area contributed by atoms with Crippen LogP contribution in [0.1, 0.15) is 38.7 Å². The first-order chi connectivity index (χ1) is 8.29. The maximum atomic E-state index is 6.01. The lowest BCUT2D eigenvalue weighted by molar-refractivity contribution is 0.113. The summed E-state index contributed by atoms with van der Waals surface area (Å²) < 4.78 is 5.61. The summed E-state index contributed by atoms with van der Waals surface area (Å²) in [6, 6.07) is 10.6. The highest BCUT2D eigenvalue weighted by atomic mass is 16.5. The predicted octanol–water partition coefficient (Wildman–Crippen LogP) is 3.11. The van der Waals surface area contributed by atoms with Gasteiger partial charge in [0.2, 0.25) is 0 Å². The minimum absolute atomic E-state index is 0.0784. The summed E-state index contributed by atoms with van der Waals surface area (Å²) in [4.78, 5) is 0. The van der Waals surface area contributed by atoms with Crippen molar-refractivity contribution in [1.29, 1.82) is 0 Å². The molecule has 0 aliphatic carbocycles. The molecule has 0 saturated carbocycles. The van der Waals surface area contributed by atoms with E-state index in [4.69, 9.17) is 10.5 Å². The Morgan fingerprint density at radius 2 is 1.82 bits per heavy atom. The van der Waals surface area contributed by atoms with Crippen LogP contribution in [0.25, 0.3) is 0 Å². The first-order valence-corrected chi connectivity index (χ1v) is 6.62. The standard InChI is InChI=1S/C15H25NO/c1-3-11-17-12-10-15(4-2,13-16)14-8-6-5-7-9-14/h5-9H,3-4,10-13,16H2,1-2H3. The molecule has 17 heavy (non-hydrogen) atoms. The molecular formula is C15H25NO. The molecule has 0 aromatic heterocycles. The minimum Gasteiger partial charge on any atom is -0.381 e. The SMILES string of the molecule is CCCOCCC(CC)(CN)c1ccccc1. The van der Waals surface area contributed by atoms with E-state index >= 15 is 0 Å². The second-order valence-electron chi connectivity index (χ2n) is 4.57. The topological polar surface area (TPSA) is 35.2 Å². The van der Waals surface area contributed by atoms with Crippen molar-refractivity contribution in [3.05, 3.63) is 35.9 Å². The van der Waals surface area contributed by atoms with Crippen LogP contribution in [-0.2, 0) is 10.2 Å². The summed E-state index contributed by atoms with van der Waals surface area (Å²) in [5.41, 5.74) is 7.43. The van der Waals surface area contributed by atoms with E-state index in [1.54, 1.807) is 0 Å². The number of nitrogens with two attached hydrogens (primary N) is 1. The molecule has 0 heterocycles. The van der Waals surface area contributed by atoms with E-state index in [0.29, 0.717) is 6.54 Å². The van der Waals surface area contributed by atoms with Gasteiger partial charge in [0.25, 0.3) is 0 Å². The average molecular weight is 235 g/mol. The lowest BCUT2D eigenvalue weighted by Gasteiger charge is -2.32. The smallest absolute Gasteiger partial charge is 0.0475 e. The van der Waals surface area contributed by atoms with Crippen molar-refractivity contribution in [3.8, 4) is 0 Å². The molecular weight excluding hydrogens is 210 g/mol. The van der Waals surface area contributed by atoms with Gasteiger partial charge in [0.1, 0.15) is 0 Å². The summed E-state index contributed by atoms with van der Waals surface area (Å²) in [5.74, 6) is 0. The maximum Gasteiger partial charge on any atom is 0.0475 e. The lowest BCUT2D eigenvalue weighted by atomic mass is 9.75. The predicted molar refractivity (Wildman–Crippen MR) is 73.2 cm³/mol. The Kier molecular flexibility index (Phi) is 6.23. The molecule has 1 unspecified atom stereocenters. The van der Waals surface area contributed by atoms with Crippen LogP contribution in [-0.4, -0.2) is 19.8 Å². The largest absolute Gasteiger partial charge is 0.381 e. The fraction of sp³-hybridized carbons (Fsp3) is 0.600. The molecule has 0 aliphatic rings. The Labute approximate surface area is 105 Å². The van der Waals surface area contributed by atoms with E-state index in [1.807, 2.05) is 6.07 Å². The molecule has 1 aromatic carbocycles. The van der Waals surface area contributed by atoms with Crippen molar-refractivity contribution < 1.29 is 4.74 Å². The van der Waals surface area contributed by atoms with Crippen LogP contribution in [0.15, 0.2) is 30.3 Å². The highest BCUT2D eigenvalue weighted by Crippen LogP contribution is 2.30. The molecule has 0 saturated heterocycles. The molecule has 0 fully saturated rings. The molecule has 1 rings (SSSR count). The Balaban J connectivity index is 2.68. The molecule has 2 nitrogen and oxygen atoms in total. The Morgan fingerprint density at radius 3 is 2.35 bits per heavy atom. The van der Waals surface area contributed by atoms with Crippen molar-refractivity contribution in [3.63, 3.8) is 0 Å². The first kappa shape index (κ1) is 14.2. The second kappa shape index (κ2) is 7.46. The van der Waals surface area contributed by atoms with Gasteiger partial charge in [-0.15, -0.1) is 0 Å². The summed E-state index contributed by atoms with van der Waals surface area (Å²) in [5, 5.41) is 0. The molecule has 96 valence electrons. The van der Waals surface area contributed by atoms with E-state index < -0.39 is 0 Å². The van der Waals surface area contributed by atoms with Crippen LogP contribution < -0.4 is 5.73 Å². The van der Waals surface area contributed by atoms with Crippen molar-refractivity contribution in [2.24, 2.45) is 5.73 Å². The van der Waals surface area contributed by atoms with Crippen molar-refractivity contribution in [2.75, 3.05) is 19.8 Å². The van der Waals surface area contributed by atoms with Gasteiger partial charge in [0.05, 0.1) is 0 Å². The molecule has 0 bridgehead atoms. The van der Waals surface area contributed by atoms with Crippen molar-refractivity contribution in [1.82, 2.24) is 0 Å². The number of rotatable bonds is 8. The Bertz CT molecular complexity index is 293. The number of hydrogen-bond donors (Lipinski definition) is 1. The second-order valence-corrected chi connectivity index (χ2v) is 4.57. The van der Waals surface area contributed by atoms with Crippen LogP contribution in [0.3, 0.4) is 0 Å². The highest BCUT2D eigenvalue weighted by Gasteiger charge is 2.28. The van der Waals surface area contributed by atoms with Crippen LogP contribution >= 0.6 is 0 Å².